The molecule has 4 rings (SSSR count). The van der Waals surface area contributed by atoms with Gasteiger partial charge in [-0.2, -0.15) is 0 Å². The first-order chi connectivity index (χ1) is 17.0. The van der Waals surface area contributed by atoms with Crippen molar-refractivity contribution < 1.29 is 14.3 Å². The average molecular weight is 472 g/mol. The number of carbonyl (C=O) groups excluding carboxylic acids is 1. The normalized spacial score (nSPS) is 11.1. The molecular formula is C29H33N3O3. The van der Waals surface area contributed by atoms with Crippen molar-refractivity contribution in [2.24, 2.45) is 0 Å². The van der Waals surface area contributed by atoms with Crippen molar-refractivity contribution >= 4 is 16.9 Å². The molecule has 0 saturated heterocycles. The number of hydrogen-bond donors (Lipinski definition) is 1. The molecule has 1 N–H and O–H groups in total. The lowest BCUT2D eigenvalue weighted by Crippen LogP contribution is -2.31. The third-order valence-electron chi connectivity index (χ3n) is 5.88. The summed E-state index contributed by atoms with van der Waals surface area (Å²) in [4.78, 5) is 17.0. The summed E-state index contributed by atoms with van der Waals surface area (Å²) in [6, 6.07) is 23.8. The molecule has 1 amide bonds. The predicted molar refractivity (Wildman–Crippen MR) is 139 cm³/mol. The van der Waals surface area contributed by atoms with Gasteiger partial charge in [0.05, 0.1) is 17.6 Å². The molecule has 6 nitrogen and oxygen atoms in total. The molecular weight excluding hydrogens is 438 g/mol. The number of carbonyl (C=O) groups is 1. The zero-order valence-electron chi connectivity index (χ0n) is 20.7. The van der Waals surface area contributed by atoms with Gasteiger partial charge in [0.2, 0.25) is 0 Å². The number of imidazole rings is 1. The van der Waals surface area contributed by atoms with Crippen LogP contribution in [0.1, 0.15) is 36.7 Å². The van der Waals surface area contributed by atoms with E-state index in [9.17, 15) is 4.79 Å². The number of hydrogen-bond acceptors (Lipinski definition) is 4. The minimum Gasteiger partial charge on any atom is -0.491 e. The quantitative estimate of drug-likeness (QED) is 0.323. The first kappa shape index (κ1) is 24.3. The van der Waals surface area contributed by atoms with Crippen LogP contribution in [-0.2, 0) is 17.8 Å². The lowest BCUT2D eigenvalue weighted by Gasteiger charge is -2.16. The van der Waals surface area contributed by atoms with Gasteiger partial charge in [0.15, 0.2) is 6.61 Å². The third-order valence-corrected chi connectivity index (χ3v) is 5.88. The van der Waals surface area contributed by atoms with Crippen LogP contribution in [0.2, 0.25) is 0 Å². The molecule has 0 radical (unpaired) electrons. The smallest absolute Gasteiger partial charge is 0.257 e. The Morgan fingerprint density at radius 1 is 1.00 bits per heavy atom. The number of nitrogens with zero attached hydrogens (tertiary/aromatic N) is 2. The Morgan fingerprint density at radius 3 is 2.57 bits per heavy atom. The van der Waals surface area contributed by atoms with E-state index in [0.717, 1.165) is 22.6 Å². The van der Waals surface area contributed by atoms with E-state index in [1.54, 1.807) is 0 Å². The standard InChI is InChI=1S/C29H33N3O3/c1-21(2)24-14-13-22(3)19-27(24)34-18-17-32-26-12-8-7-11-25(26)31-28(32)15-16-30-29(33)20-35-23-9-5-4-6-10-23/h4-14,19,21H,15-18,20H2,1-3H3,(H,30,33). The zero-order chi connectivity index (χ0) is 24.6. The monoisotopic (exact) mass is 471 g/mol. The second-order valence-corrected chi connectivity index (χ2v) is 8.91. The highest BCUT2D eigenvalue weighted by atomic mass is 16.5. The van der Waals surface area contributed by atoms with Crippen LogP contribution in [0.4, 0.5) is 0 Å². The van der Waals surface area contributed by atoms with Crippen LogP contribution in [0.3, 0.4) is 0 Å². The highest BCUT2D eigenvalue weighted by molar-refractivity contribution is 5.77. The van der Waals surface area contributed by atoms with Gasteiger partial charge in [0, 0.05) is 13.0 Å². The number of nitrogens with one attached hydrogen (secondary N) is 1. The molecule has 1 aromatic heterocycles. The summed E-state index contributed by atoms with van der Waals surface area (Å²) >= 11 is 0. The van der Waals surface area contributed by atoms with Gasteiger partial charge in [-0.3, -0.25) is 4.79 Å². The maximum Gasteiger partial charge on any atom is 0.257 e. The van der Waals surface area contributed by atoms with Crippen molar-refractivity contribution in [3.8, 4) is 11.5 Å². The van der Waals surface area contributed by atoms with Gasteiger partial charge in [0.25, 0.3) is 5.91 Å². The molecule has 4 aromatic rings. The van der Waals surface area contributed by atoms with Crippen molar-refractivity contribution in [1.82, 2.24) is 14.9 Å². The van der Waals surface area contributed by atoms with Gasteiger partial charge in [-0.15, -0.1) is 0 Å². The second-order valence-electron chi connectivity index (χ2n) is 8.91. The fraction of sp³-hybridized carbons (Fsp3) is 0.310. The maximum absolute atomic E-state index is 12.2. The maximum atomic E-state index is 12.2. The number of rotatable bonds is 11. The molecule has 6 heteroatoms. The van der Waals surface area contributed by atoms with E-state index >= 15 is 0 Å². The third kappa shape index (κ3) is 6.41. The van der Waals surface area contributed by atoms with E-state index in [4.69, 9.17) is 14.5 Å². The van der Waals surface area contributed by atoms with E-state index in [0.29, 0.717) is 37.8 Å². The average Bonchev–Trinajstić information content (AvgIpc) is 3.20. The van der Waals surface area contributed by atoms with Gasteiger partial charge in [-0.05, 0) is 54.3 Å². The fourth-order valence-electron chi connectivity index (χ4n) is 4.09. The fourth-order valence-corrected chi connectivity index (χ4v) is 4.09. The van der Waals surface area contributed by atoms with E-state index in [2.05, 4.69) is 54.9 Å². The van der Waals surface area contributed by atoms with Gasteiger partial charge in [0.1, 0.15) is 23.9 Å². The highest BCUT2D eigenvalue weighted by Crippen LogP contribution is 2.27. The molecule has 182 valence electrons. The summed E-state index contributed by atoms with van der Waals surface area (Å²) in [5.41, 5.74) is 4.41. The number of benzene rings is 3. The SMILES string of the molecule is Cc1ccc(C(C)C)c(OCCn2c(CCNC(=O)COc3ccccc3)nc3ccccc32)c1. The molecule has 1 heterocycles. The van der Waals surface area contributed by atoms with Crippen LogP contribution in [0.5, 0.6) is 11.5 Å². The summed E-state index contributed by atoms with van der Waals surface area (Å²) in [7, 11) is 0. The van der Waals surface area contributed by atoms with E-state index in [-0.39, 0.29) is 12.5 Å². The van der Waals surface area contributed by atoms with Crippen LogP contribution in [0.25, 0.3) is 11.0 Å². The molecule has 0 fully saturated rings. The lowest BCUT2D eigenvalue weighted by molar-refractivity contribution is -0.123. The van der Waals surface area contributed by atoms with Crippen LogP contribution in [0.15, 0.2) is 72.8 Å². The Morgan fingerprint density at radius 2 is 1.77 bits per heavy atom. The van der Waals surface area contributed by atoms with Gasteiger partial charge < -0.3 is 19.4 Å². The van der Waals surface area contributed by atoms with Crippen LogP contribution in [0, 0.1) is 6.92 Å². The molecule has 35 heavy (non-hydrogen) atoms. The van der Waals surface area contributed by atoms with E-state index < -0.39 is 0 Å². The zero-order valence-corrected chi connectivity index (χ0v) is 20.7. The van der Waals surface area contributed by atoms with Crippen LogP contribution >= 0.6 is 0 Å². The number of fused-ring (bicyclic) bond motifs is 1. The number of para-hydroxylation sites is 3. The van der Waals surface area contributed by atoms with Crippen molar-refractivity contribution in [2.75, 3.05) is 19.8 Å². The van der Waals surface area contributed by atoms with Crippen molar-refractivity contribution in [3.63, 3.8) is 0 Å². The number of aromatic nitrogens is 2. The molecule has 0 bridgehead atoms. The van der Waals surface area contributed by atoms with Crippen LogP contribution in [-0.4, -0.2) is 35.2 Å². The Bertz CT molecular complexity index is 1260. The largest absolute Gasteiger partial charge is 0.491 e. The Balaban J connectivity index is 1.37. The lowest BCUT2D eigenvalue weighted by atomic mass is 10.0. The molecule has 0 spiro atoms. The Kier molecular flexibility index (Phi) is 8.03. The predicted octanol–water partition coefficient (Wildman–Crippen LogP) is 5.28. The summed E-state index contributed by atoms with van der Waals surface area (Å²) in [5, 5.41) is 2.93. The second kappa shape index (κ2) is 11.6. The van der Waals surface area contributed by atoms with Gasteiger partial charge in [-0.1, -0.05) is 56.3 Å². The summed E-state index contributed by atoms with van der Waals surface area (Å²) in [6.45, 7) is 8.12. The number of aryl methyl sites for hydroxylation is 1. The van der Waals surface area contributed by atoms with Gasteiger partial charge >= 0.3 is 0 Å². The minimum atomic E-state index is -0.152. The minimum absolute atomic E-state index is 0.0110. The first-order valence-electron chi connectivity index (χ1n) is 12.1. The van der Waals surface area contributed by atoms with E-state index in [1.165, 1.54) is 11.1 Å². The molecule has 3 aromatic carbocycles. The Hall–Kier alpha value is -3.80. The number of ether oxygens (including phenoxy) is 2. The molecule has 0 aliphatic rings. The summed E-state index contributed by atoms with van der Waals surface area (Å²) in [6.07, 6.45) is 0.618. The van der Waals surface area contributed by atoms with Crippen molar-refractivity contribution in [3.05, 3.63) is 89.7 Å². The summed E-state index contributed by atoms with van der Waals surface area (Å²) < 4.78 is 13.9. The highest BCUT2D eigenvalue weighted by Gasteiger charge is 2.13. The molecule has 0 unspecified atom stereocenters. The van der Waals surface area contributed by atoms with Crippen LogP contribution < -0.4 is 14.8 Å². The molecule has 0 aliphatic heterocycles. The van der Waals surface area contributed by atoms with Gasteiger partial charge in [-0.25, -0.2) is 4.98 Å². The Labute approximate surface area is 206 Å². The first-order valence-corrected chi connectivity index (χ1v) is 12.1. The van der Waals surface area contributed by atoms with E-state index in [1.807, 2.05) is 48.5 Å². The molecule has 0 saturated carbocycles. The van der Waals surface area contributed by atoms with Crippen molar-refractivity contribution in [1.29, 1.82) is 0 Å². The van der Waals surface area contributed by atoms with Crippen molar-refractivity contribution in [2.45, 2.75) is 39.7 Å². The molecule has 0 aliphatic carbocycles. The number of amides is 1. The summed E-state index contributed by atoms with van der Waals surface area (Å²) in [5.74, 6) is 2.79. The molecule has 0 atom stereocenters. The topological polar surface area (TPSA) is 65.4 Å².